The Labute approximate surface area is 176 Å². The number of nitrogens with zero attached hydrogens (tertiary/aromatic N) is 1. The van der Waals surface area contributed by atoms with Crippen LogP contribution < -0.4 is 9.61 Å². The summed E-state index contributed by atoms with van der Waals surface area (Å²) in [7, 11) is -2.37. The number of halogens is 1. The van der Waals surface area contributed by atoms with E-state index >= 15 is 0 Å². The largest absolute Gasteiger partial charge is 0.455 e. The van der Waals surface area contributed by atoms with Gasteiger partial charge in [-0.2, -0.15) is 4.89 Å². The van der Waals surface area contributed by atoms with E-state index in [0.29, 0.717) is 12.4 Å². The zero-order chi connectivity index (χ0) is 20.8. The average molecular weight is 457 g/mol. The maximum Gasteiger partial charge on any atom is 0.265 e. The summed E-state index contributed by atoms with van der Waals surface area (Å²) >= 11 is 7.11. The smallest absolute Gasteiger partial charge is 0.265 e. The minimum atomic E-state index is -4.04. The molecule has 0 aliphatic carbocycles. The van der Waals surface area contributed by atoms with Crippen molar-refractivity contribution in [3.63, 3.8) is 0 Å². The Balaban J connectivity index is 1.58. The number of nitrogens with one attached hydrogen (secondary N) is 1. The molecule has 2 aromatic rings. The van der Waals surface area contributed by atoms with E-state index < -0.39 is 10.0 Å². The molecule has 1 aromatic heterocycles. The van der Waals surface area contributed by atoms with Crippen LogP contribution in [0.2, 0.25) is 0 Å². The van der Waals surface area contributed by atoms with Crippen molar-refractivity contribution in [2.75, 3.05) is 13.8 Å². The van der Waals surface area contributed by atoms with Crippen LogP contribution in [0.15, 0.2) is 39.5 Å². The van der Waals surface area contributed by atoms with Crippen LogP contribution in [0.5, 0.6) is 5.75 Å². The molecule has 0 fully saturated rings. The Bertz CT molecular complexity index is 1130. The van der Waals surface area contributed by atoms with Gasteiger partial charge in [-0.25, -0.2) is 13.1 Å². The van der Waals surface area contributed by atoms with Crippen LogP contribution in [-0.2, 0) is 32.7 Å². The number of thiophene rings is 1. The highest BCUT2D eigenvalue weighted by Gasteiger charge is 2.29. The number of hydrogen-bond acceptors (Lipinski definition) is 8. The lowest BCUT2D eigenvalue weighted by Crippen LogP contribution is -2.25. The van der Waals surface area contributed by atoms with E-state index in [4.69, 9.17) is 26.1 Å². The molecule has 29 heavy (non-hydrogen) atoms. The molecule has 4 rings (SSSR count). The monoisotopic (exact) mass is 456 g/mol. The number of carbonyl (C=O) groups excluding carboxylic acids is 1. The van der Waals surface area contributed by atoms with Crippen molar-refractivity contribution >= 4 is 38.7 Å². The van der Waals surface area contributed by atoms with E-state index in [9.17, 15) is 13.2 Å². The van der Waals surface area contributed by atoms with Crippen molar-refractivity contribution in [1.29, 1.82) is 0 Å². The molecule has 0 amide bonds. The fourth-order valence-electron chi connectivity index (χ4n) is 2.98. The fraction of sp³-hybridized carbons (Fsp3) is 0.278. The molecule has 0 spiro atoms. The zero-order valence-corrected chi connectivity index (χ0v) is 17.9. The van der Waals surface area contributed by atoms with Crippen molar-refractivity contribution in [2.24, 2.45) is 0 Å². The van der Waals surface area contributed by atoms with Gasteiger partial charge in [0.1, 0.15) is 11.5 Å². The van der Waals surface area contributed by atoms with Crippen LogP contribution in [-0.4, -0.2) is 32.9 Å². The third-order valence-electron chi connectivity index (χ3n) is 4.56. The Hall–Kier alpha value is -2.27. The first kappa shape index (κ1) is 20.0. The second kappa shape index (κ2) is 7.52. The molecule has 0 atom stereocenters. The molecule has 3 heterocycles. The molecule has 154 valence electrons. The number of ketones is 1. The third kappa shape index (κ3) is 3.80. The molecule has 2 aliphatic heterocycles. The number of carbonyl (C=O) groups is 1. The molecule has 1 N–H and O–H groups in total. The summed E-state index contributed by atoms with van der Waals surface area (Å²) in [5.41, 5.74) is 2.50. The number of aryl methyl sites for hydroxylation is 1. The van der Waals surface area contributed by atoms with Crippen LogP contribution >= 0.6 is 22.9 Å². The van der Waals surface area contributed by atoms with E-state index in [1.807, 2.05) is 13.0 Å². The second-order valence-electron chi connectivity index (χ2n) is 6.64. The number of hydrogen-bond donors (Lipinski definition) is 1. The van der Waals surface area contributed by atoms with Crippen LogP contribution in [0.1, 0.15) is 26.4 Å². The van der Waals surface area contributed by atoms with Gasteiger partial charge in [0.2, 0.25) is 5.88 Å². The van der Waals surface area contributed by atoms with Gasteiger partial charge in [-0.1, -0.05) is 11.6 Å². The molecule has 0 bridgehead atoms. The van der Waals surface area contributed by atoms with E-state index in [-0.39, 0.29) is 39.7 Å². The first-order chi connectivity index (χ1) is 13.8. The molecule has 11 heteroatoms. The predicted octanol–water partition coefficient (Wildman–Crippen LogP) is 2.87. The van der Waals surface area contributed by atoms with Crippen molar-refractivity contribution in [3.05, 3.63) is 56.2 Å². The standard InChI is InChI=1S/C18H17ClN2O6S2/c1-10-5-14-12(8-26-27-14)6-11(10)7-13(22)16-15(3-4-28-16)29(23,24)20-18-17(19)21(2)9-25-18/h3-6,20H,7-9H2,1-2H3. The van der Waals surface area contributed by atoms with Gasteiger partial charge in [0.15, 0.2) is 23.4 Å². The fourth-order valence-corrected chi connectivity index (χ4v) is 5.59. The van der Waals surface area contributed by atoms with E-state index in [1.54, 1.807) is 23.4 Å². The number of fused-ring (bicyclic) bond motifs is 1. The van der Waals surface area contributed by atoms with Crippen LogP contribution in [0.3, 0.4) is 0 Å². The first-order valence-electron chi connectivity index (χ1n) is 8.55. The Morgan fingerprint density at radius 2 is 2.17 bits per heavy atom. The Morgan fingerprint density at radius 1 is 1.38 bits per heavy atom. The lowest BCUT2D eigenvalue weighted by molar-refractivity contribution is -0.194. The minimum absolute atomic E-state index is 0.0604. The number of ether oxygens (including phenoxy) is 1. The quantitative estimate of drug-likeness (QED) is 0.405. The maximum atomic E-state index is 12.9. The molecule has 0 unspecified atom stereocenters. The predicted molar refractivity (Wildman–Crippen MR) is 106 cm³/mol. The maximum absolute atomic E-state index is 12.9. The minimum Gasteiger partial charge on any atom is -0.455 e. The number of Topliss-reactive ketones (excluding diaryl/α,β-unsaturated/α-hetero) is 1. The SMILES string of the molecule is Cc1cc2c(cc1CC(=O)c1sccc1S(=O)(=O)NC1=C(Cl)N(C)CO1)COO2. The Kier molecular flexibility index (Phi) is 5.19. The van der Waals surface area contributed by atoms with Gasteiger partial charge < -0.3 is 14.5 Å². The van der Waals surface area contributed by atoms with Gasteiger partial charge in [0.05, 0.1) is 4.88 Å². The van der Waals surface area contributed by atoms with Crippen molar-refractivity contribution in [2.45, 2.75) is 24.8 Å². The molecule has 2 aliphatic rings. The summed E-state index contributed by atoms with van der Waals surface area (Å²) in [6.07, 6.45) is 0.0604. The van der Waals surface area contributed by atoms with Gasteiger partial charge in [-0.05, 0) is 41.6 Å². The summed E-state index contributed by atoms with van der Waals surface area (Å²) in [5.74, 6) is 0.273. The van der Waals surface area contributed by atoms with Crippen LogP contribution in [0.25, 0.3) is 0 Å². The summed E-state index contributed by atoms with van der Waals surface area (Å²) in [6.45, 7) is 2.31. The number of sulfonamides is 1. The van der Waals surface area contributed by atoms with Gasteiger partial charge in [0, 0.05) is 19.0 Å². The zero-order valence-electron chi connectivity index (χ0n) is 15.5. The van der Waals surface area contributed by atoms with E-state index in [1.165, 1.54) is 6.07 Å². The number of rotatable bonds is 6. The highest BCUT2D eigenvalue weighted by Crippen LogP contribution is 2.31. The van der Waals surface area contributed by atoms with Gasteiger partial charge in [-0.15, -0.1) is 11.3 Å². The second-order valence-corrected chi connectivity index (χ2v) is 9.57. The molecule has 0 saturated carbocycles. The number of benzene rings is 1. The molecular weight excluding hydrogens is 440 g/mol. The first-order valence-corrected chi connectivity index (χ1v) is 11.3. The van der Waals surface area contributed by atoms with Crippen molar-refractivity contribution < 1.29 is 27.7 Å². The van der Waals surface area contributed by atoms with Gasteiger partial charge >= 0.3 is 0 Å². The normalized spacial score (nSPS) is 15.9. The third-order valence-corrected chi connectivity index (χ3v) is 7.48. The summed E-state index contributed by atoms with van der Waals surface area (Å²) < 4.78 is 33.2. The average Bonchev–Trinajstić information content (AvgIpc) is 3.39. The lowest BCUT2D eigenvalue weighted by atomic mass is 9.99. The Morgan fingerprint density at radius 3 is 2.90 bits per heavy atom. The molecule has 0 saturated heterocycles. The van der Waals surface area contributed by atoms with Crippen LogP contribution in [0.4, 0.5) is 0 Å². The molecule has 0 radical (unpaired) electrons. The van der Waals surface area contributed by atoms with Crippen molar-refractivity contribution in [1.82, 2.24) is 9.62 Å². The molecule has 8 nitrogen and oxygen atoms in total. The molecule has 1 aromatic carbocycles. The highest BCUT2D eigenvalue weighted by atomic mass is 35.5. The van der Waals surface area contributed by atoms with E-state index in [2.05, 4.69) is 4.72 Å². The van der Waals surface area contributed by atoms with Gasteiger partial charge in [0.25, 0.3) is 10.0 Å². The van der Waals surface area contributed by atoms with Crippen molar-refractivity contribution in [3.8, 4) is 5.75 Å². The lowest BCUT2D eigenvalue weighted by Gasteiger charge is -2.10. The highest BCUT2D eigenvalue weighted by molar-refractivity contribution is 7.89. The van der Waals surface area contributed by atoms with E-state index in [0.717, 1.165) is 28.0 Å². The summed E-state index contributed by atoms with van der Waals surface area (Å²) in [4.78, 5) is 24.5. The molecular formula is C18H17ClN2O6S2. The summed E-state index contributed by atoms with van der Waals surface area (Å²) in [6, 6.07) is 5.05. The topological polar surface area (TPSA) is 94.2 Å². The van der Waals surface area contributed by atoms with Crippen LogP contribution in [0, 0.1) is 6.92 Å². The van der Waals surface area contributed by atoms with Gasteiger partial charge in [-0.3, -0.25) is 4.79 Å². The summed E-state index contributed by atoms with van der Waals surface area (Å²) in [5, 5.41) is 1.71.